The standard InChI is InChI=1S/C23H25N5O2S/c1-5-16(4)24-19(29)13-31-23-26-25-22-27(23)18-12-7-6-11-17(18)21(30)28(22)20-14(2)9-8-10-15(20)3/h6-12,16H,5,13H2,1-4H3,(H,24,29). The Morgan fingerprint density at radius 1 is 1.10 bits per heavy atom. The molecule has 0 aliphatic rings. The van der Waals surface area contributed by atoms with E-state index in [1.807, 2.05) is 74.6 Å². The molecule has 0 bridgehead atoms. The van der Waals surface area contributed by atoms with Gasteiger partial charge in [0.1, 0.15) is 0 Å². The largest absolute Gasteiger partial charge is 0.353 e. The summed E-state index contributed by atoms with van der Waals surface area (Å²) in [4.78, 5) is 25.8. The molecule has 2 heterocycles. The lowest BCUT2D eigenvalue weighted by Gasteiger charge is -2.15. The van der Waals surface area contributed by atoms with Crippen molar-refractivity contribution in [3.8, 4) is 5.69 Å². The first-order valence-corrected chi connectivity index (χ1v) is 11.3. The number of aromatic nitrogens is 4. The van der Waals surface area contributed by atoms with E-state index in [0.717, 1.165) is 28.8 Å². The van der Waals surface area contributed by atoms with Crippen LogP contribution in [0.4, 0.5) is 0 Å². The summed E-state index contributed by atoms with van der Waals surface area (Å²) in [7, 11) is 0. The fraction of sp³-hybridized carbons (Fsp3) is 0.304. The highest BCUT2D eigenvalue weighted by atomic mass is 32.2. The molecule has 0 spiro atoms. The second-order valence-electron chi connectivity index (χ2n) is 7.68. The molecule has 4 aromatic rings. The first-order chi connectivity index (χ1) is 14.9. The van der Waals surface area contributed by atoms with Gasteiger partial charge in [0.25, 0.3) is 5.56 Å². The maximum atomic E-state index is 13.5. The van der Waals surface area contributed by atoms with Crippen LogP contribution in [0.1, 0.15) is 31.4 Å². The van der Waals surface area contributed by atoms with E-state index in [-0.39, 0.29) is 23.3 Å². The molecule has 160 valence electrons. The third-order valence-corrected chi connectivity index (χ3v) is 6.34. The number of carbonyl (C=O) groups is 1. The van der Waals surface area contributed by atoms with Crippen LogP contribution >= 0.6 is 11.8 Å². The number of nitrogens with one attached hydrogen (secondary N) is 1. The Bertz CT molecular complexity index is 1320. The van der Waals surface area contributed by atoms with E-state index < -0.39 is 0 Å². The van der Waals surface area contributed by atoms with Crippen molar-refractivity contribution in [3.05, 3.63) is 63.9 Å². The molecule has 0 saturated heterocycles. The van der Waals surface area contributed by atoms with E-state index in [9.17, 15) is 9.59 Å². The molecule has 8 heteroatoms. The summed E-state index contributed by atoms with van der Waals surface area (Å²) in [5, 5.41) is 12.8. The van der Waals surface area contributed by atoms with Crippen LogP contribution in [0.3, 0.4) is 0 Å². The normalized spacial score (nSPS) is 12.4. The Balaban J connectivity index is 1.90. The van der Waals surface area contributed by atoms with Gasteiger partial charge in [0, 0.05) is 6.04 Å². The number of hydrogen-bond donors (Lipinski definition) is 1. The quantitative estimate of drug-likeness (QED) is 0.468. The molecule has 1 atom stereocenters. The Hall–Kier alpha value is -3.13. The summed E-state index contributed by atoms with van der Waals surface area (Å²) in [5.41, 5.74) is 3.34. The van der Waals surface area contributed by atoms with Crippen LogP contribution in [-0.2, 0) is 4.79 Å². The van der Waals surface area contributed by atoms with E-state index >= 15 is 0 Å². The predicted octanol–water partition coefficient (Wildman–Crippen LogP) is 3.66. The highest BCUT2D eigenvalue weighted by Gasteiger charge is 2.20. The number of para-hydroxylation sites is 2. The zero-order valence-electron chi connectivity index (χ0n) is 18.0. The van der Waals surface area contributed by atoms with Gasteiger partial charge in [-0.05, 0) is 50.5 Å². The van der Waals surface area contributed by atoms with Gasteiger partial charge in [-0.25, -0.2) is 4.57 Å². The molecule has 1 N–H and O–H groups in total. The van der Waals surface area contributed by atoms with Gasteiger partial charge >= 0.3 is 0 Å². The summed E-state index contributed by atoms with van der Waals surface area (Å²) in [6, 6.07) is 13.5. The number of nitrogens with zero attached hydrogens (tertiary/aromatic N) is 4. The Morgan fingerprint density at radius 2 is 1.81 bits per heavy atom. The van der Waals surface area contributed by atoms with Crippen molar-refractivity contribution in [2.45, 2.75) is 45.3 Å². The van der Waals surface area contributed by atoms with Crippen LogP contribution in [0, 0.1) is 13.8 Å². The highest BCUT2D eigenvalue weighted by molar-refractivity contribution is 7.99. The zero-order valence-corrected chi connectivity index (χ0v) is 18.9. The molecule has 1 unspecified atom stereocenters. The van der Waals surface area contributed by atoms with Gasteiger partial charge in [-0.15, -0.1) is 10.2 Å². The summed E-state index contributed by atoms with van der Waals surface area (Å²) in [6.07, 6.45) is 0.872. The van der Waals surface area contributed by atoms with Crippen molar-refractivity contribution >= 4 is 34.3 Å². The summed E-state index contributed by atoms with van der Waals surface area (Å²) < 4.78 is 3.49. The Morgan fingerprint density at radius 3 is 2.52 bits per heavy atom. The Kier molecular flexibility index (Phi) is 5.82. The third-order valence-electron chi connectivity index (χ3n) is 5.41. The second-order valence-corrected chi connectivity index (χ2v) is 8.62. The number of aryl methyl sites for hydroxylation is 2. The molecule has 4 rings (SSSR count). The van der Waals surface area contributed by atoms with Gasteiger partial charge in [0.15, 0.2) is 5.16 Å². The lowest BCUT2D eigenvalue weighted by atomic mass is 10.1. The summed E-state index contributed by atoms with van der Waals surface area (Å²) in [5.74, 6) is 0.608. The number of amides is 1. The van der Waals surface area contributed by atoms with Gasteiger partial charge in [0.2, 0.25) is 11.7 Å². The van der Waals surface area contributed by atoms with Crippen LogP contribution in [0.5, 0.6) is 0 Å². The third kappa shape index (κ3) is 3.83. The van der Waals surface area contributed by atoms with Gasteiger partial charge in [-0.2, -0.15) is 0 Å². The van der Waals surface area contributed by atoms with Crippen molar-refractivity contribution < 1.29 is 4.79 Å². The van der Waals surface area contributed by atoms with E-state index in [2.05, 4.69) is 15.5 Å². The van der Waals surface area contributed by atoms with Crippen LogP contribution in [0.25, 0.3) is 22.4 Å². The fourth-order valence-corrected chi connectivity index (χ4v) is 4.43. The van der Waals surface area contributed by atoms with Crippen LogP contribution in [0.15, 0.2) is 52.4 Å². The zero-order chi connectivity index (χ0) is 22.1. The number of fused-ring (bicyclic) bond motifs is 3. The lowest BCUT2D eigenvalue weighted by Crippen LogP contribution is -2.33. The monoisotopic (exact) mass is 435 g/mol. The molecule has 2 aromatic heterocycles. The number of carbonyl (C=O) groups excluding carboxylic acids is 1. The molecule has 31 heavy (non-hydrogen) atoms. The van der Waals surface area contributed by atoms with Crippen LogP contribution < -0.4 is 10.9 Å². The number of thioether (sulfide) groups is 1. The minimum atomic E-state index is -0.140. The fourth-order valence-electron chi connectivity index (χ4n) is 3.68. The van der Waals surface area contributed by atoms with E-state index in [0.29, 0.717) is 16.3 Å². The first-order valence-electron chi connectivity index (χ1n) is 10.3. The van der Waals surface area contributed by atoms with Crippen molar-refractivity contribution in [2.75, 3.05) is 5.75 Å². The number of benzene rings is 2. The van der Waals surface area contributed by atoms with Gasteiger partial charge in [-0.3, -0.25) is 14.0 Å². The molecular formula is C23H25N5O2S. The van der Waals surface area contributed by atoms with Gasteiger partial charge in [-0.1, -0.05) is 49.0 Å². The van der Waals surface area contributed by atoms with Crippen molar-refractivity contribution in [2.24, 2.45) is 0 Å². The number of hydrogen-bond acceptors (Lipinski definition) is 5. The van der Waals surface area contributed by atoms with Crippen LogP contribution in [0.2, 0.25) is 0 Å². The smallest absolute Gasteiger partial charge is 0.267 e. The molecular weight excluding hydrogens is 410 g/mol. The topological polar surface area (TPSA) is 81.3 Å². The average Bonchev–Trinajstić information content (AvgIpc) is 3.18. The second kappa shape index (κ2) is 8.55. The van der Waals surface area contributed by atoms with Crippen molar-refractivity contribution in [3.63, 3.8) is 0 Å². The van der Waals surface area contributed by atoms with Crippen LogP contribution in [-0.4, -0.2) is 36.9 Å². The molecule has 0 radical (unpaired) electrons. The minimum absolute atomic E-state index is 0.0523. The SMILES string of the molecule is CCC(C)NC(=O)CSc1nnc2n(-c3c(C)cccc3C)c(=O)c3ccccc3n12. The lowest BCUT2D eigenvalue weighted by molar-refractivity contribution is -0.119. The summed E-state index contributed by atoms with van der Waals surface area (Å²) >= 11 is 1.31. The molecule has 7 nitrogen and oxygen atoms in total. The van der Waals surface area contributed by atoms with Gasteiger partial charge < -0.3 is 5.32 Å². The Labute approximate surface area is 184 Å². The maximum Gasteiger partial charge on any atom is 0.267 e. The summed E-state index contributed by atoms with van der Waals surface area (Å²) in [6.45, 7) is 7.96. The predicted molar refractivity (Wildman–Crippen MR) is 124 cm³/mol. The first kappa shape index (κ1) is 21.1. The molecule has 0 aliphatic carbocycles. The van der Waals surface area contributed by atoms with Crippen molar-refractivity contribution in [1.29, 1.82) is 0 Å². The van der Waals surface area contributed by atoms with Crippen molar-refractivity contribution in [1.82, 2.24) is 24.5 Å². The molecule has 1 amide bonds. The molecule has 0 fully saturated rings. The van der Waals surface area contributed by atoms with E-state index in [1.54, 1.807) is 4.57 Å². The molecule has 2 aromatic carbocycles. The van der Waals surface area contributed by atoms with E-state index in [4.69, 9.17) is 0 Å². The highest BCUT2D eigenvalue weighted by Crippen LogP contribution is 2.25. The molecule has 0 aliphatic heterocycles. The molecule has 0 saturated carbocycles. The average molecular weight is 436 g/mol. The minimum Gasteiger partial charge on any atom is -0.353 e. The van der Waals surface area contributed by atoms with Gasteiger partial charge in [0.05, 0.1) is 22.3 Å². The number of rotatable bonds is 6. The van der Waals surface area contributed by atoms with E-state index in [1.165, 1.54) is 11.8 Å². The maximum absolute atomic E-state index is 13.5.